The number of thiocarbonyl (C=S) groups is 1. The Bertz CT molecular complexity index is 861. The number of thioether (sulfide) groups is 1. The molecule has 2 aromatic rings. The largest absolute Gasteiger partial charge is 0.273 e. The van der Waals surface area contributed by atoms with Gasteiger partial charge in [0.05, 0.1) is 4.91 Å². The number of amides is 2. The third kappa shape index (κ3) is 3.27. The van der Waals surface area contributed by atoms with E-state index in [1.165, 1.54) is 42.5 Å². The van der Waals surface area contributed by atoms with Gasteiger partial charge in [-0.15, -0.1) is 0 Å². The number of hydrogen-bond donors (Lipinski definition) is 0. The lowest BCUT2D eigenvalue weighted by Crippen LogP contribution is -2.34. The van der Waals surface area contributed by atoms with Crippen LogP contribution in [0.25, 0.3) is 6.08 Å². The molecular formula is C17H9F2NO2S2. The summed E-state index contributed by atoms with van der Waals surface area (Å²) >= 11 is 6.09. The minimum atomic E-state index is -0.611. The van der Waals surface area contributed by atoms with Gasteiger partial charge in [-0.3, -0.25) is 9.59 Å². The van der Waals surface area contributed by atoms with Gasteiger partial charge < -0.3 is 0 Å². The van der Waals surface area contributed by atoms with Gasteiger partial charge in [0.2, 0.25) is 0 Å². The molecule has 2 aromatic carbocycles. The van der Waals surface area contributed by atoms with E-state index in [9.17, 15) is 18.4 Å². The molecule has 0 saturated carbocycles. The average molecular weight is 361 g/mol. The summed E-state index contributed by atoms with van der Waals surface area (Å²) in [5, 5.41) is 0. The van der Waals surface area contributed by atoms with E-state index in [4.69, 9.17) is 12.2 Å². The van der Waals surface area contributed by atoms with Crippen LogP contribution in [0.3, 0.4) is 0 Å². The lowest BCUT2D eigenvalue weighted by molar-refractivity contribution is -0.120. The summed E-state index contributed by atoms with van der Waals surface area (Å²) in [7, 11) is 0. The van der Waals surface area contributed by atoms with Crippen LogP contribution in [-0.4, -0.2) is 21.0 Å². The molecule has 0 spiro atoms. The number of rotatable bonds is 2. The molecule has 1 fully saturated rings. The van der Waals surface area contributed by atoms with Gasteiger partial charge >= 0.3 is 0 Å². The smallest absolute Gasteiger partial charge is 0.268 e. The van der Waals surface area contributed by atoms with Gasteiger partial charge in [0.15, 0.2) is 4.32 Å². The second-order valence-corrected chi connectivity index (χ2v) is 6.56. The van der Waals surface area contributed by atoms with Gasteiger partial charge in [-0.2, -0.15) is 0 Å². The molecule has 2 amide bonds. The average Bonchev–Trinajstić information content (AvgIpc) is 2.83. The van der Waals surface area contributed by atoms with E-state index in [1.54, 1.807) is 0 Å². The van der Waals surface area contributed by atoms with Crippen LogP contribution in [0.15, 0.2) is 53.4 Å². The van der Waals surface area contributed by atoms with Crippen LogP contribution in [0, 0.1) is 11.6 Å². The highest BCUT2D eigenvalue weighted by molar-refractivity contribution is 8.26. The third-order valence-electron chi connectivity index (χ3n) is 3.26. The lowest BCUT2D eigenvalue weighted by Gasteiger charge is -2.12. The van der Waals surface area contributed by atoms with Crippen molar-refractivity contribution < 1.29 is 18.4 Å². The molecule has 0 aliphatic carbocycles. The van der Waals surface area contributed by atoms with E-state index in [-0.39, 0.29) is 20.6 Å². The standard InChI is InChI=1S/C17H9F2NO2S2/c18-12-5-1-10(2-6-12)9-14-16(22)20(17(23)24-14)15(21)11-3-7-13(19)8-4-11/h1-9H/b14-9+. The first-order valence-corrected chi connectivity index (χ1v) is 8.01. The molecule has 1 aliphatic rings. The Balaban J connectivity index is 1.87. The summed E-state index contributed by atoms with van der Waals surface area (Å²) in [6.07, 6.45) is 1.54. The zero-order valence-corrected chi connectivity index (χ0v) is 13.7. The highest BCUT2D eigenvalue weighted by atomic mass is 32.2. The molecule has 0 unspecified atom stereocenters. The first kappa shape index (κ1) is 16.5. The van der Waals surface area contributed by atoms with E-state index in [2.05, 4.69) is 0 Å². The minimum absolute atomic E-state index is 0.0997. The Morgan fingerprint density at radius 2 is 1.54 bits per heavy atom. The second kappa shape index (κ2) is 6.62. The topological polar surface area (TPSA) is 37.4 Å². The molecular weight excluding hydrogens is 352 g/mol. The quantitative estimate of drug-likeness (QED) is 0.460. The van der Waals surface area contributed by atoms with Crippen LogP contribution in [0.2, 0.25) is 0 Å². The Morgan fingerprint density at radius 3 is 2.12 bits per heavy atom. The van der Waals surface area contributed by atoms with Gasteiger partial charge in [0, 0.05) is 5.56 Å². The predicted molar refractivity (Wildman–Crippen MR) is 92.1 cm³/mol. The molecule has 120 valence electrons. The molecule has 1 heterocycles. The molecule has 3 rings (SSSR count). The van der Waals surface area contributed by atoms with Crippen LogP contribution in [0.4, 0.5) is 8.78 Å². The van der Waals surface area contributed by atoms with Crippen molar-refractivity contribution in [3.63, 3.8) is 0 Å². The van der Waals surface area contributed by atoms with Crippen LogP contribution >= 0.6 is 24.0 Å². The molecule has 0 N–H and O–H groups in total. The van der Waals surface area contributed by atoms with E-state index in [0.29, 0.717) is 5.56 Å². The third-order valence-corrected chi connectivity index (χ3v) is 4.56. The van der Waals surface area contributed by atoms with Gasteiger partial charge in [-0.05, 0) is 48.0 Å². The SMILES string of the molecule is O=C1/C(=C\c2ccc(F)cc2)SC(=S)N1C(=O)c1ccc(F)cc1. The molecule has 3 nitrogen and oxygen atoms in total. The summed E-state index contributed by atoms with van der Waals surface area (Å²) in [6.45, 7) is 0. The van der Waals surface area contributed by atoms with Crippen molar-refractivity contribution in [3.05, 3.63) is 76.2 Å². The Hall–Kier alpha value is -2.38. The fourth-order valence-corrected chi connectivity index (χ4v) is 3.33. The van der Waals surface area contributed by atoms with Crippen molar-refractivity contribution in [1.82, 2.24) is 4.90 Å². The summed E-state index contributed by atoms with van der Waals surface area (Å²) < 4.78 is 26.0. The minimum Gasteiger partial charge on any atom is -0.268 e. The normalized spacial score (nSPS) is 16.1. The highest BCUT2D eigenvalue weighted by Gasteiger charge is 2.37. The van der Waals surface area contributed by atoms with E-state index >= 15 is 0 Å². The zero-order valence-electron chi connectivity index (χ0n) is 12.0. The molecule has 0 atom stereocenters. The van der Waals surface area contributed by atoms with Gasteiger partial charge in [-0.25, -0.2) is 13.7 Å². The Morgan fingerprint density at radius 1 is 1.00 bits per heavy atom. The van der Waals surface area contributed by atoms with Crippen molar-refractivity contribution in [2.45, 2.75) is 0 Å². The second-order valence-electron chi connectivity index (χ2n) is 4.88. The van der Waals surface area contributed by atoms with Gasteiger partial charge in [0.1, 0.15) is 11.6 Å². The first-order valence-electron chi connectivity index (χ1n) is 6.79. The number of carbonyl (C=O) groups excluding carboxylic acids is 2. The van der Waals surface area contributed by atoms with Crippen LogP contribution in [0.5, 0.6) is 0 Å². The molecule has 0 aromatic heterocycles. The maximum Gasteiger partial charge on any atom is 0.273 e. The highest BCUT2D eigenvalue weighted by Crippen LogP contribution is 2.33. The lowest BCUT2D eigenvalue weighted by atomic mass is 10.2. The van der Waals surface area contributed by atoms with Crippen molar-refractivity contribution in [2.24, 2.45) is 0 Å². The molecule has 0 bridgehead atoms. The summed E-state index contributed by atoms with van der Waals surface area (Å²) in [5.74, 6) is -2.03. The van der Waals surface area contributed by atoms with Gasteiger partial charge in [-0.1, -0.05) is 36.1 Å². The fraction of sp³-hybridized carbons (Fsp3) is 0. The predicted octanol–water partition coefficient (Wildman–Crippen LogP) is 4.01. The van der Waals surface area contributed by atoms with Crippen LogP contribution in [0.1, 0.15) is 15.9 Å². The number of imide groups is 1. The molecule has 7 heteroatoms. The number of halogens is 2. The Kier molecular flexibility index (Phi) is 4.55. The first-order chi connectivity index (χ1) is 11.5. The van der Waals surface area contributed by atoms with Crippen molar-refractivity contribution >= 4 is 46.2 Å². The maximum absolute atomic E-state index is 13.0. The summed E-state index contributed by atoms with van der Waals surface area (Å²) in [4.78, 5) is 26.0. The molecule has 1 saturated heterocycles. The van der Waals surface area contributed by atoms with E-state index in [0.717, 1.165) is 28.8 Å². The van der Waals surface area contributed by atoms with E-state index in [1.807, 2.05) is 0 Å². The zero-order chi connectivity index (χ0) is 17.3. The van der Waals surface area contributed by atoms with Crippen molar-refractivity contribution in [2.75, 3.05) is 0 Å². The van der Waals surface area contributed by atoms with Crippen molar-refractivity contribution in [1.29, 1.82) is 0 Å². The van der Waals surface area contributed by atoms with Crippen molar-refractivity contribution in [3.8, 4) is 0 Å². The summed E-state index contributed by atoms with van der Waals surface area (Å²) in [5.41, 5.74) is 0.780. The fourth-order valence-electron chi connectivity index (χ4n) is 2.07. The van der Waals surface area contributed by atoms with E-state index < -0.39 is 17.6 Å². The van der Waals surface area contributed by atoms with Gasteiger partial charge in [0.25, 0.3) is 11.8 Å². The molecule has 24 heavy (non-hydrogen) atoms. The number of benzene rings is 2. The maximum atomic E-state index is 13.0. The van der Waals surface area contributed by atoms with Crippen LogP contribution in [-0.2, 0) is 4.79 Å². The number of carbonyl (C=O) groups is 2. The number of nitrogens with zero attached hydrogens (tertiary/aromatic N) is 1. The molecule has 0 radical (unpaired) electrons. The number of hydrogen-bond acceptors (Lipinski definition) is 4. The summed E-state index contributed by atoms with van der Waals surface area (Å²) in [6, 6.07) is 10.4. The Labute approximate surface area is 146 Å². The monoisotopic (exact) mass is 361 g/mol. The molecule has 1 aliphatic heterocycles. The van der Waals surface area contributed by atoms with Crippen LogP contribution < -0.4 is 0 Å².